The first kappa shape index (κ1) is 12.9. The second kappa shape index (κ2) is 4.78. The SMILES string of the molecule is CC(CCN)c1c(F)c(F)c(F)c(F)c1F. The lowest BCUT2D eigenvalue weighted by atomic mass is 9.96. The number of halogens is 5. The molecule has 0 radical (unpaired) electrons. The van der Waals surface area contributed by atoms with Crippen LogP contribution in [0.5, 0.6) is 0 Å². The molecule has 6 heteroatoms. The van der Waals surface area contributed by atoms with E-state index in [0.29, 0.717) is 0 Å². The summed E-state index contributed by atoms with van der Waals surface area (Å²) in [6, 6.07) is 0. The molecule has 0 amide bonds. The number of hydrogen-bond donors (Lipinski definition) is 1. The molecule has 1 aromatic carbocycles. The lowest BCUT2D eigenvalue weighted by Crippen LogP contribution is -2.12. The zero-order chi connectivity index (χ0) is 12.5. The van der Waals surface area contributed by atoms with Crippen LogP contribution in [0.25, 0.3) is 0 Å². The van der Waals surface area contributed by atoms with Gasteiger partial charge in [-0.15, -0.1) is 0 Å². The zero-order valence-corrected chi connectivity index (χ0v) is 8.46. The van der Waals surface area contributed by atoms with Crippen LogP contribution >= 0.6 is 0 Å². The van der Waals surface area contributed by atoms with E-state index in [9.17, 15) is 22.0 Å². The molecule has 0 aliphatic rings. The first-order valence-corrected chi connectivity index (χ1v) is 4.63. The Morgan fingerprint density at radius 1 is 0.875 bits per heavy atom. The van der Waals surface area contributed by atoms with E-state index in [1.165, 1.54) is 6.92 Å². The Labute approximate surface area is 89.1 Å². The predicted molar refractivity (Wildman–Crippen MR) is 48.3 cm³/mol. The third-order valence-electron chi connectivity index (χ3n) is 2.34. The molecule has 0 aliphatic heterocycles. The molecule has 1 rings (SSSR count). The summed E-state index contributed by atoms with van der Waals surface area (Å²) in [6.45, 7) is 1.45. The van der Waals surface area contributed by atoms with Crippen molar-refractivity contribution in [2.24, 2.45) is 5.73 Å². The maximum Gasteiger partial charge on any atom is 0.200 e. The largest absolute Gasteiger partial charge is 0.330 e. The maximum absolute atomic E-state index is 13.2. The minimum atomic E-state index is -2.14. The minimum absolute atomic E-state index is 0.0979. The third kappa shape index (κ3) is 2.02. The summed E-state index contributed by atoms with van der Waals surface area (Å²) in [5, 5.41) is 0. The lowest BCUT2D eigenvalue weighted by molar-refractivity contribution is 0.364. The molecule has 1 nitrogen and oxygen atoms in total. The molecule has 0 bridgehead atoms. The van der Waals surface area contributed by atoms with E-state index in [0.717, 1.165) is 0 Å². The Hall–Kier alpha value is -1.17. The summed E-state index contributed by atoms with van der Waals surface area (Å²) in [5.41, 5.74) is 4.36. The summed E-state index contributed by atoms with van der Waals surface area (Å²) < 4.78 is 64.7. The van der Waals surface area contributed by atoms with E-state index in [4.69, 9.17) is 5.73 Å². The highest BCUT2D eigenvalue weighted by atomic mass is 19.2. The standard InChI is InChI=1S/C10H10F5N/c1-4(2-3-16)5-6(11)8(13)10(15)9(14)7(5)12/h4H,2-3,16H2,1H3. The Kier molecular flexibility index (Phi) is 3.85. The van der Waals surface area contributed by atoms with E-state index >= 15 is 0 Å². The van der Waals surface area contributed by atoms with E-state index in [2.05, 4.69) is 0 Å². The number of nitrogens with two attached hydrogens (primary N) is 1. The van der Waals surface area contributed by atoms with Crippen molar-refractivity contribution in [3.8, 4) is 0 Å². The van der Waals surface area contributed by atoms with Gasteiger partial charge in [-0.2, -0.15) is 0 Å². The van der Waals surface area contributed by atoms with Gasteiger partial charge in [-0.05, 0) is 18.9 Å². The highest BCUT2D eigenvalue weighted by Gasteiger charge is 2.28. The molecule has 16 heavy (non-hydrogen) atoms. The van der Waals surface area contributed by atoms with Crippen LogP contribution in [0.4, 0.5) is 22.0 Å². The van der Waals surface area contributed by atoms with Crippen molar-refractivity contribution in [1.82, 2.24) is 0 Å². The first-order chi connectivity index (χ1) is 7.41. The Morgan fingerprint density at radius 2 is 1.25 bits per heavy atom. The molecule has 1 aromatic rings. The Bertz CT molecular complexity index is 376. The van der Waals surface area contributed by atoms with Crippen molar-refractivity contribution in [1.29, 1.82) is 0 Å². The van der Waals surface area contributed by atoms with Crippen LogP contribution in [0.2, 0.25) is 0 Å². The topological polar surface area (TPSA) is 26.0 Å². The highest BCUT2D eigenvalue weighted by molar-refractivity contribution is 5.27. The molecule has 1 unspecified atom stereocenters. The van der Waals surface area contributed by atoms with Gasteiger partial charge in [0.25, 0.3) is 0 Å². The van der Waals surface area contributed by atoms with E-state index < -0.39 is 40.6 Å². The molecular formula is C10H10F5N. The Morgan fingerprint density at radius 3 is 1.62 bits per heavy atom. The molecule has 0 aliphatic carbocycles. The minimum Gasteiger partial charge on any atom is -0.330 e. The van der Waals surface area contributed by atoms with Gasteiger partial charge in [-0.25, -0.2) is 22.0 Å². The van der Waals surface area contributed by atoms with Crippen LogP contribution in [-0.4, -0.2) is 6.54 Å². The maximum atomic E-state index is 13.2. The van der Waals surface area contributed by atoms with Gasteiger partial charge in [0.15, 0.2) is 23.3 Å². The van der Waals surface area contributed by atoms with Gasteiger partial charge in [0.05, 0.1) is 0 Å². The van der Waals surface area contributed by atoms with Crippen LogP contribution in [0.1, 0.15) is 24.8 Å². The van der Waals surface area contributed by atoms with Gasteiger partial charge in [0.1, 0.15) is 0 Å². The highest BCUT2D eigenvalue weighted by Crippen LogP contribution is 2.29. The summed E-state index contributed by atoms with van der Waals surface area (Å²) in [7, 11) is 0. The van der Waals surface area contributed by atoms with Crippen molar-refractivity contribution in [2.75, 3.05) is 6.54 Å². The van der Waals surface area contributed by atoms with Crippen molar-refractivity contribution < 1.29 is 22.0 Å². The van der Waals surface area contributed by atoms with E-state index in [-0.39, 0.29) is 13.0 Å². The smallest absolute Gasteiger partial charge is 0.200 e. The van der Waals surface area contributed by atoms with Crippen LogP contribution in [0, 0.1) is 29.1 Å². The second-order valence-corrected chi connectivity index (χ2v) is 3.46. The summed E-state index contributed by atoms with van der Waals surface area (Å²) >= 11 is 0. The van der Waals surface area contributed by atoms with Crippen molar-refractivity contribution in [3.63, 3.8) is 0 Å². The molecular weight excluding hydrogens is 229 g/mol. The monoisotopic (exact) mass is 239 g/mol. The normalized spacial score (nSPS) is 12.9. The van der Waals surface area contributed by atoms with Gasteiger partial charge in [0.2, 0.25) is 5.82 Å². The van der Waals surface area contributed by atoms with Crippen LogP contribution in [0.15, 0.2) is 0 Å². The van der Waals surface area contributed by atoms with Gasteiger partial charge in [-0.1, -0.05) is 6.92 Å². The van der Waals surface area contributed by atoms with Crippen molar-refractivity contribution in [2.45, 2.75) is 19.3 Å². The van der Waals surface area contributed by atoms with Gasteiger partial charge >= 0.3 is 0 Å². The zero-order valence-electron chi connectivity index (χ0n) is 8.46. The molecule has 90 valence electrons. The van der Waals surface area contributed by atoms with Crippen LogP contribution < -0.4 is 5.73 Å². The first-order valence-electron chi connectivity index (χ1n) is 4.63. The second-order valence-electron chi connectivity index (χ2n) is 3.46. The molecule has 2 N–H and O–H groups in total. The number of benzene rings is 1. The average Bonchev–Trinajstić information content (AvgIpc) is 2.24. The fraction of sp³-hybridized carbons (Fsp3) is 0.400. The molecule has 0 saturated heterocycles. The molecule has 0 fully saturated rings. The van der Waals surface area contributed by atoms with Gasteiger partial charge < -0.3 is 5.73 Å². The van der Waals surface area contributed by atoms with Gasteiger partial charge in [0, 0.05) is 5.56 Å². The summed E-state index contributed by atoms with van der Waals surface area (Å²) in [4.78, 5) is 0. The third-order valence-corrected chi connectivity index (χ3v) is 2.34. The average molecular weight is 239 g/mol. The van der Waals surface area contributed by atoms with Crippen LogP contribution in [0.3, 0.4) is 0 Å². The van der Waals surface area contributed by atoms with Crippen LogP contribution in [-0.2, 0) is 0 Å². The van der Waals surface area contributed by atoms with E-state index in [1.807, 2.05) is 0 Å². The van der Waals surface area contributed by atoms with E-state index in [1.54, 1.807) is 0 Å². The molecule has 0 aromatic heterocycles. The quantitative estimate of drug-likeness (QED) is 0.490. The molecule has 1 atom stereocenters. The van der Waals surface area contributed by atoms with Gasteiger partial charge in [-0.3, -0.25) is 0 Å². The summed E-state index contributed by atoms with van der Waals surface area (Å²) in [5.74, 6) is -10.4. The predicted octanol–water partition coefficient (Wildman–Crippen LogP) is 2.83. The number of rotatable bonds is 3. The molecule has 0 heterocycles. The Balaban J connectivity index is 3.39. The molecule has 0 spiro atoms. The lowest BCUT2D eigenvalue weighted by Gasteiger charge is -2.14. The number of hydrogen-bond acceptors (Lipinski definition) is 1. The van der Waals surface area contributed by atoms with Crippen molar-refractivity contribution >= 4 is 0 Å². The van der Waals surface area contributed by atoms with Crippen molar-refractivity contribution in [3.05, 3.63) is 34.6 Å². The summed E-state index contributed by atoms with van der Waals surface area (Å²) in [6.07, 6.45) is 0.137. The molecule has 0 saturated carbocycles. The fourth-order valence-electron chi connectivity index (χ4n) is 1.45. The fourth-order valence-corrected chi connectivity index (χ4v) is 1.45.